The summed E-state index contributed by atoms with van der Waals surface area (Å²) in [6.45, 7) is 1.15. The van der Waals surface area contributed by atoms with Crippen LogP contribution in [0.1, 0.15) is 16.8 Å². The molecule has 1 saturated heterocycles. The standard InChI is InChI=1S/C22H22F3N3O3S2/c1-31-19-6-2-4-16(13-19)12-18-15-32-21(26-18)27-8-10-28(11-9-27)33(29,30)20-7-3-5-17(14-20)22(23,24)25/h2-7,13-15H,8-12H2,1H3. The molecule has 0 bridgehead atoms. The zero-order valence-corrected chi connectivity index (χ0v) is 19.4. The number of piperazine rings is 1. The Morgan fingerprint density at radius 3 is 2.48 bits per heavy atom. The van der Waals surface area contributed by atoms with Crippen molar-refractivity contribution in [2.24, 2.45) is 0 Å². The number of aromatic nitrogens is 1. The summed E-state index contributed by atoms with van der Waals surface area (Å²) in [6.07, 6.45) is -3.95. The van der Waals surface area contributed by atoms with Crippen LogP contribution in [0.15, 0.2) is 58.8 Å². The molecule has 176 valence electrons. The first-order valence-corrected chi connectivity index (χ1v) is 12.5. The number of methoxy groups -OCH3 is 1. The number of hydrogen-bond donors (Lipinski definition) is 0. The van der Waals surface area contributed by atoms with Crippen LogP contribution in [-0.2, 0) is 22.6 Å². The minimum Gasteiger partial charge on any atom is -0.497 e. The summed E-state index contributed by atoms with van der Waals surface area (Å²) in [7, 11) is -2.40. The van der Waals surface area contributed by atoms with Gasteiger partial charge in [-0.05, 0) is 35.9 Å². The van der Waals surface area contributed by atoms with E-state index in [0.717, 1.165) is 34.3 Å². The maximum atomic E-state index is 13.0. The molecular weight excluding hydrogens is 475 g/mol. The number of halogens is 3. The van der Waals surface area contributed by atoms with Gasteiger partial charge in [-0.1, -0.05) is 18.2 Å². The first-order valence-electron chi connectivity index (χ1n) is 10.2. The third kappa shape index (κ3) is 5.31. The molecule has 4 rings (SSSR count). The van der Waals surface area contributed by atoms with E-state index >= 15 is 0 Å². The predicted molar refractivity (Wildman–Crippen MR) is 120 cm³/mol. The summed E-state index contributed by atoms with van der Waals surface area (Å²) >= 11 is 1.49. The number of thiazole rings is 1. The average molecular weight is 498 g/mol. The van der Waals surface area contributed by atoms with Gasteiger partial charge in [-0.25, -0.2) is 13.4 Å². The first kappa shape index (κ1) is 23.5. The van der Waals surface area contributed by atoms with Gasteiger partial charge in [0.1, 0.15) is 5.75 Å². The fraction of sp³-hybridized carbons (Fsp3) is 0.318. The monoisotopic (exact) mass is 497 g/mol. The van der Waals surface area contributed by atoms with E-state index in [1.807, 2.05) is 34.5 Å². The number of benzene rings is 2. The van der Waals surface area contributed by atoms with E-state index < -0.39 is 21.8 Å². The van der Waals surface area contributed by atoms with Crippen LogP contribution in [0.2, 0.25) is 0 Å². The van der Waals surface area contributed by atoms with Crippen molar-refractivity contribution in [1.29, 1.82) is 0 Å². The predicted octanol–water partition coefficient (Wildman–Crippen LogP) is 4.27. The van der Waals surface area contributed by atoms with Crippen LogP contribution in [0, 0.1) is 0 Å². The van der Waals surface area contributed by atoms with E-state index in [2.05, 4.69) is 4.98 Å². The summed E-state index contributed by atoms with van der Waals surface area (Å²) in [6, 6.07) is 11.6. The lowest BCUT2D eigenvalue weighted by molar-refractivity contribution is -0.137. The van der Waals surface area contributed by atoms with E-state index in [4.69, 9.17) is 4.74 Å². The molecule has 1 aromatic heterocycles. The minimum atomic E-state index is -4.60. The smallest absolute Gasteiger partial charge is 0.416 e. The highest BCUT2D eigenvalue weighted by molar-refractivity contribution is 7.89. The van der Waals surface area contributed by atoms with Crippen molar-refractivity contribution in [2.75, 3.05) is 38.2 Å². The molecule has 0 saturated carbocycles. The Morgan fingerprint density at radius 1 is 1.06 bits per heavy atom. The third-order valence-electron chi connectivity index (χ3n) is 5.37. The lowest BCUT2D eigenvalue weighted by atomic mass is 10.1. The number of hydrogen-bond acceptors (Lipinski definition) is 6. The summed E-state index contributed by atoms with van der Waals surface area (Å²) in [5.41, 5.74) is 0.999. The molecule has 11 heteroatoms. The van der Waals surface area contributed by atoms with E-state index in [1.54, 1.807) is 7.11 Å². The maximum Gasteiger partial charge on any atom is 0.416 e. The second-order valence-corrected chi connectivity index (χ2v) is 10.3. The van der Waals surface area contributed by atoms with E-state index in [1.165, 1.54) is 21.7 Å². The molecule has 0 N–H and O–H groups in total. The first-order chi connectivity index (χ1) is 15.7. The number of alkyl halides is 3. The molecule has 0 amide bonds. The molecule has 0 radical (unpaired) electrons. The van der Waals surface area contributed by atoms with Gasteiger partial charge in [0.15, 0.2) is 5.13 Å². The van der Waals surface area contributed by atoms with Crippen LogP contribution >= 0.6 is 11.3 Å². The lowest BCUT2D eigenvalue weighted by Crippen LogP contribution is -2.48. The van der Waals surface area contributed by atoms with Gasteiger partial charge in [0.05, 0.1) is 23.3 Å². The SMILES string of the molecule is COc1cccc(Cc2csc(N3CCN(S(=O)(=O)c4cccc(C(F)(F)F)c4)CC3)n2)c1. The van der Waals surface area contributed by atoms with Crippen molar-refractivity contribution in [1.82, 2.24) is 9.29 Å². The van der Waals surface area contributed by atoms with Gasteiger partial charge in [0.25, 0.3) is 0 Å². The highest BCUT2D eigenvalue weighted by Gasteiger charge is 2.34. The van der Waals surface area contributed by atoms with Crippen LogP contribution in [0.3, 0.4) is 0 Å². The summed E-state index contributed by atoms with van der Waals surface area (Å²) in [5.74, 6) is 0.779. The van der Waals surface area contributed by atoms with Crippen molar-refractivity contribution >= 4 is 26.5 Å². The Kier molecular flexibility index (Phi) is 6.64. The van der Waals surface area contributed by atoms with Crippen LogP contribution in [0.4, 0.5) is 18.3 Å². The number of anilines is 1. The molecule has 1 fully saturated rings. The molecule has 1 aliphatic rings. The Bertz CT molecular complexity index is 1220. The molecule has 3 aromatic rings. The molecular formula is C22H22F3N3O3S2. The van der Waals surface area contributed by atoms with Gasteiger partial charge in [-0.3, -0.25) is 0 Å². The highest BCUT2D eigenvalue weighted by atomic mass is 32.2. The highest BCUT2D eigenvalue weighted by Crippen LogP contribution is 2.32. The van der Waals surface area contributed by atoms with Crippen molar-refractivity contribution in [3.63, 3.8) is 0 Å². The average Bonchev–Trinajstić information content (AvgIpc) is 3.27. The number of sulfonamides is 1. The second-order valence-electron chi connectivity index (χ2n) is 7.57. The Labute approximate surface area is 194 Å². The molecule has 2 aromatic carbocycles. The van der Waals surface area contributed by atoms with E-state index in [-0.39, 0.29) is 18.0 Å². The summed E-state index contributed by atoms with van der Waals surface area (Å²) in [5, 5.41) is 2.77. The van der Waals surface area contributed by atoms with Gasteiger partial charge in [0.2, 0.25) is 10.0 Å². The normalized spacial score (nSPS) is 15.6. The molecule has 0 aliphatic carbocycles. The molecule has 2 heterocycles. The van der Waals surface area contributed by atoms with Crippen molar-refractivity contribution in [3.8, 4) is 5.75 Å². The molecule has 33 heavy (non-hydrogen) atoms. The van der Waals surface area contributed by atoms with Crippen LogP contribution in [-0.4, -0.2) is 51.0 Å². The van der Waals surface area contributed by atoms with Crippen molar-refractivity contribution in [3.05, 3.63) is 70.7 Å². The largest absolute Gasteiger partial charge is 0.497 e. The lowest BCUT2D eigenvalue weighted by Gasteiger charge is -2.33. The number of ether oxygens (including phenoxy) is 1. The topological polar surface area (TPSA) is 62.7 Å². The summed E-state index contributed by atoms with van der Waals surface area (Å²) < 4.78 is 71.2. The molecule has 0 spiro atoms. The zero-order chi connectivity index (χ0) is 23.6. The van der Waals surface area contributed by atoms with Crippen molar-refractivity contribution in [2.45, 2.75) is 17.5 Å². The van der Waals surface area contributed by atoms with Crippen LogP contribution < -0.4 is 9.64 Å². The van der Waals surface area contributed by atoms with Gasteiger partial charge in [-0.2, -0.15) is 17.5 Å². The Balaban J connectivity index is 1.41. The molecule has 6 nitrogen and oxygen atoms in total. The fourth-order valence-electron chi connectivity index (χ4n) is 3.62. The number of rotatable bonds is 6. The Hall–Kier alpha value is -2.63. The van der Waals surface area contributed by atoms with Gasteiger partial charge >= 0.3 is 6.18 Å². The van der Waals surface area contributed by atoms with Crippen LogP contribution in [0.25, 0.3) is 0 Å². The van der Waals surface area contributed by atoms with Crippen molar-refractivity contribution < 1.29 is 26.3 Å². The van der Waals surface area contributed by atoms with E-state index in [0.29, 0.717) is 25.6 Å². The summed E-state index contributed by atoms with van der Waals surface area (Å²) in [4.78, 5) is 6.33. The minimum absolute atomic E-state index is 0.170. The molecule has 0 unspecified atom stereocenters. The zero-order valence-electron chi connectivity index (χ0n) is 17.7. The number of nitrogens with zero attached hydrogens (tertiary/aromatic N) is 3. The van der Waals surface area contributed by atoms with Gasteiger partial charge < -0.3 is 9.64 Å². The second kappa shape index (κ2) is 9.32. The fourth-order valence-corrected chi connectivity index (χ4v) is 5.96. The molecule has 1 aliphatic heterocycles. The van der Waals surface area contributed by atoms with Gasteiger partial charge in [-0.15, -0.1) is 11.3 Å². The quantitative estimate of drug-likeness (QED) is 0.509. The van der Waals surface area contributed by atoms with E-state index in [9.17, 15) is 21.6 Å². The Morgan fingerprint density at radius 2 is 1.79 bits per heavy atom. The maximum absolute atomic E-state index is 13.0. The van der Waals surface area contributed by atoms with Gasteiger partial charge in [0, 0.05) is 38.0 Å². The van der Waals surface area contributed by atoms with Crippen LogP contribution in [0.5, 0.6) is 5.75 Å². The molecule has 0 atom stereocenters. The third-order valence-corrected chi connectivity index (χ3v) is 8.21.